The number of benzene rings is 1. The zero-order valence-corrected chi connectivity index (χ0v) is 19.6. The minimum atomic E-state index is 0. The van der Waals surface area contributed by atoms with Crippen molar-refractivity contribution in [2.45, 2.75) is 32.2 Å². The first-order chi connectivity index (χ1) is 13.6. The first-order valence-electron chi connectivity index (χ1n) is 9.42. The second kappa shape index (κ2) is 11.3. The Bertz CT molecular complexity index is 826. The maximum Gasteiger partial charge on any atom is 0.228 e. The van der Waals surface area contributed by atoms with E-state index in [-0.39, 0.29) is 35.9 Å². The Hall–Kier alpha value is -1.88. The molecule has 2 N–H and O–H groups in total. The van der Waals surface area contributed by atoms with Crippen molar-refractivity contribution in [3.8, 4) is 11.4 Å². The monoisotopic (exact) mass is 532 g/mol. The van der Waals surface area contributed by atoms with E-state index in [1.165, 1.54) is 0 Å². The summed E-state index contributed by atoms with van der Waals surface area (Å²) in [6.07, 6.45) is 2.04. The van der Waals surface area contributed by atoms with E-state index < -0.39 is 0 Å². The summed E-state index contributed by atoms with van der Waals surface area (Å²) >= 11 is 5.90. The van der Waals surface area contributed by atoms with E-state index in [1.54, 1.807) is 19.2 Å². The Kier molecular flexibility index (Phi) is 9.15. The van der Waals surface area contributed by atoms with Crippen LogP contribution in [0.15, 0.2) is 33.8 Å². The van der Waals surface area contributed by atoms with Gasteiger partial charge >= 0.3 is 0 Å². The summed E-state index contributed by atoms with van der Waals surface area (Å²) in [7, 11) is 1.73. The quantitative estimate of drug-likeness (QED) is 0.337. The molecule has 1 aromatic carbocycles. The van der Waals surface area contributed by atoms with Gasteiger partial charge in [0.2, 0.25) is 17.6 Å². The third-order valence-electron chi connectivity index (χ3n) is 4.61. The highest BCUT2D eigenvalue weighted by Gasteiger charge is 2.25. The van der Waals surface area contributed by atoms with Crippen molar-refractivity contribution in [2.75, 3.05) is 26.7 Å². The number of halogens is 2. The van der Waals surface area contributed by atoms with Crippen LogP contribution in [0.4, 0.5) is 0 Å². The van der Waals surface area contributed by atoms with Crippen molar-refractivity contribution < 1.29 is 9.32 Å². The lowest BCUT2D eigenvalue weighted by atomic mass is 10.2. The first kappa shape index (κ1) is 23.4. The molecule has 1 amide bonds. The van der Waals surface area contributed by atoms with Crippen molar-refractivity contribution in [3.05, 3.63) is 35.2 Å². The molecular weight excluding hydrogens is 507 g/mol. The fourth-order valence-electron chi connectivity index (χ4n) is 3.08. The Balaban J connectivity index is 0.00000300. The molecule has 2 heterocycles. The highest BCUT2D eigenvalue weighted by molar-refractivity contribution is 14.0. The number of hydrogen-bond donors (Lipinski definition) is 2. The number of nitrogens with zero attached hydrogens (tertiary/aromatic N) is 4. The number of likely N-dealkylation sites (tertiary alicyclic amines) is 1. The zero-order valence-electron chi connectivity index (χ0n) is 16.5. The number of carbonyl (C=O) groups excluding carboxylic acids is 1. The van der Waals surface area contributed by atoms with Gasteiger partial charge in [-0.05, 0) is 30.7 Å². The molecule has 1 fully saturated rings. The van der Waals surface area contributed by atoms with Gasteiger partial charge in [0.25, 0.3) is 0 Å². The SMILES string of the molecule is CCC(=O)N1CCC(NC(=NC)NCCc2nc(-c3ccc(Cl)cc3)no2)C1.I. The van der Waals surface area contributed by atoms with Gasteiger partial charge in [-0.1, -0.05) is 23.7 Å². The normalized spacial score (nSPS) is 16.4. The Labute approximate surface area is 192 Å². The van der Waals surface area contributed by atoms with Gasteiger partial charge in [-0.25, -0.2) is 0 Å². The summed E-state index contributed by atoms with van der Waals surface area (Å²) in [5.41, 5.74) is 0.859. The number of rotatable bonds is 6. The van der Waals surface area contributed by atoms with Crippen LogP contribution in [0.2, 0.25) is 5.02 Å². The highest BCUT2D eigenvalue weighted by atomic mass is 127. The molecule has 0 saturated carbocycles. The van der Waals surface area contributed by atoms with Gasteiger partial charge in [0.15, 0.2) is 5.96 Å². The second-order valence-electron chi connectivity index (χ2n) is 6.59. The molecule has 0 radical (unpaired) electrons. The van der Waals surface area contributed by atoms with E-state index in [2.05, 4.69) is 25.8 Å². The first-order valence-corrected chi connectivity index (χ1v) is 9.80. The lowest BCUT2D eigenvalue weighted by Gasteiger charge is -2.18. The van der Waals surface area contributed by atoms with Crippen molar-refractivity contribution in [1.82, 2.24) is 25.7 Å². The van der Waals surface area contributed by atoms with E-state index in [1.807, 2.05) is 24.0 Å². The van der Waals surface area contributed by atoms with E-state index in [4.69, 9.17) is 16.1 Å². The van der Waals surface area contributed by atoms with Gasteiger partial charge in [0.1, 0.15) is 0 Å². The lowest BCUT2D eigenvalue weighted by molar-refractivity contribution is -0.129. The summed E-state index contributed by atoms with van der Waals surface area (Å²) in [6.45, 7) is 3.99. The minimum absolute atomic E-state index is 0. The topological polar surface area (TPSA) is 95.7 Å². The molecule has 1 atom stereocenters. The fourth-order valence-corrected chi connectivity index (χ4v) is 3.20. The van der Waals surface area contributed by atoms with Crippen molar-refractivity contribution in [2.24, 2.45) is 4.99 Å². The number of hydrogen-bond acceptors (Lipinski definition) is 5. The molecule has 8 nitrogen and oxygen atoms in total. The Morgan fingerprint density at radius 3 is 2.83 bits per heavy atom. The third-order valence-corrected chi connectivity index (χ3v) is 4.86. The Morgan fingerprint density at radius 2 is 2.14 bits per heavy atom. The van der Waals surface area contributed by atoms with Crippen LogP contribution in [0.5, 0.6) is 0 Å². The maximum absolute atomic E-state index is 11.8. The maximum atomic E-state index is 11.8. The second-order valence-corrected chi connectivity index (χ2v) is 7.03. The highest BCUT2D eigenvalue weighted by Crippen LogP contribution is 2.18. The fraction of sp³-hybridized carbons (Fsp3) is 0.474. The smallest absolute Gasteiger partial charge is 0.228 e. The summed E-state index contributed by atoms with van der Waals surface area (Å²) < 4.78 is 5.31. The minimum Gasteiger partial charge on any atom is -0.356 e. The largest absolute Gasteiger partial charge is 0.356 e. The molecule has 1 aliphatic heterocycles. The Morgan fingerprint density at radius 1 is 1.38 bits per heavy atom. The molecule has 0 aliphatic carbocycles. The number of aromatic nitrogens is 2. The standard InChI is InChI=1S/C19H25ClN6O2.HI/c1-3-17(27)26-11-9-15(12-26)23-19(21-2)22-10-8-16-24-18(25-28-16)13-4-6-14(20)7-5-13;/h4-7,15H,3,8-12H2,1-2H3,(H2,21,22,23);1H. The summed E-state index contributed by atoms with van der Waals surface area (Å²) in [5, 5.41) is 11.3. The van der Waals surface area contributed by atoms with Gasteiger partial charge in [-0.2, -0.15) is 4.98 Å². The molecule has 1 aromatic heterocycles. The third kappa shape index (κ3) is 6.56. The summed E-state index contributed by atoms with van der Waals surface area (Å²) in [6, 6.07) is 7.51. The molecule has 3 rings (SSSR count). The van der Waals surface area contributed by atoms with Gasteiger partial charge in [0, 0.05) is 56.2 Å². The number of aliphatic imine (C=N–C) groups is 1. The number of nitrogens with one attached hydrogen (secondary N) is 2. The molecule has 0 spiro atoms. The van der Waals surface area contributed by atoms with Crippen LogP contribution in [0.1, 0.15) is 25.7 Å². The van der Waals surface area contributed by atoms with E-state index >= 15 is 0 Å². The van der Waals surface area contributed by atoms with E-state index in [0.29, 0.717) is 48.6 Å². The van der Waals surface area contributed by atoms with E-state index in [0.717, 1.165) is 18.5 Å². The summed E-state index contributed by atoms with van der Waals surface area (Å²) in [5.74, 6) is 1.99. The van der Waals surface area contributed by atoms with Crippen LogP contribution in [0.25, 0.3) is 11.4 Å². The van der Waals surface area contributed by atoms with Crippen LogP contribution in [0.3, 0.4) is 0 Å². The van der Waals surface area contributed by atoms with Crippen LogP contribution >= 0.6 is 35.6 Å². The van der Waals surface area contributed by atoms with Crippen LogP contribution in [-0.4, -0.2) is 59.6 Å². The molecule has 29 heavy (non-hydrogen) atoms. The van der Waals surface area contributed by atoms with Gasteiger partial charge < -0.3 is 20.1 Å². The average Bonchev–Trinajstić information content (AvgIpc) is 3.37. The predicted octanol–water partition coefficient (Wildman–Crippen LogP) is 2.73. The van der Waals surface area contributed by atoms with E-state index in [9.17, 15) is 4.79 Å². The molecule has 0 bridgehead atoms. The molecule has 10 heteroatoms. The molecule has 2 aromatic rings. The predicted molar refractivity (Wildman–Crippen MR) is 124 cm³/mol. The van der Waals surface area contributed by atoms with Gasteiger partial charge in [0.05, 0.1) is 0 Å². The molecular formula is C19H26ClIN6O2. The van der Waals surface area contributed by atoms with Crippen LogP contribution < -0.4 is 10.6 Å². The van der Waals surface area contributed by atoms with Crippen molar-refractivity contribution in [1.29, 1.82) is 0 Å². The molecule has 158 valence electrons. The van der Waals surface area contributed by atoms with Gasteiger partial charge in [-0.15, -0.1) is 24.0 Å². The van der Waals surface area contributed by atoms with Crippen LogP contribution in [-0.2, 0) is 11.2 Å². The van der Waals surface area contributed by atoms with Crippen molar-refractivity contribution in [3.63, 3.8) is 0 Å². The number of guanidine groups is 1. The van der Waals surface area contributed by atoms with Crippen LogP contribution in [0, 0.1) is 0 Å². The van der Waals surface area contributed by atoms with Crippen molar-refractivity contribution >= 4 is 47.4 Å². The molecule has 1 saturated heterocycles. The zero-order chi connectivity index (χ0) is 19.9. The van der Waals surface area contributed by atoms with Gasteiger partial charge in [-0.3, -0.25) is 9.79 Å². The summed E-state index contributed by atoms with van der Waals surface area (Å²) in [4.78, 5) is 22.3. The molecule has 1 aliphatic rings. The lowest BCUT2D eigenvalue weighted by Crippen LogP contribution is -2.45. The molecule has 1 unspecified atom stereocenters. The number of carbonyl (C=O) groups is 1. The average molecular weight is 533 g/mol. The number of amides is 1.